The molecule has 1 saturated carbocycles. The van der Waals surface area contributed by atoms with Crippen molar-refractivity contribution in [1.82, 2.24) is 5.32 Å². The van der Waals surface area contributed by atoms with Gasteiger partial charge in [-0.1, -0.05) is 53.4 Å². The van der Waals surface area contributed by atoms with E-state index in [-0.39, 0.29) is 5.91 Å². The molecule has 18 heavy (non-hydrogen) atoms. The molecule has 2 atom stereocenters. The van der Waals surface area contributed by atoms with Gasteiger partial charge in [0.05, 0.1) is 0 Å². The zero-order valence-corrected chi connectivity index (χ0v) is 12.7. The summed E-state index contributed by atoms with van der Waals surface area (Å²) in [6, 6.07) is 0.410. The molecule has 0 heterocycles. The Morgan fingerprint density at radius 2 is 1.83 bits per heavy atom. The van der Waals surface area contributed by atoms with E-state index < -0.39 is 0 Å². The van der Waals surface area contributed by atoms with Gasteiger partial charge < -0.3 is 5.32 Å². The Labute approximate surface area is 113 Å². The largest absolute Gasteiger partial charge is 0.353 e. The van der Waals surface area contributed by atoms with Crippen LogP contribution in [0.1, 0.15) is 79.1 Å². The van der Waals surface area contributed by atoms with Crippen LogP contribution in [0.3, 0.4) is 0 Å². The standard InChI is InChI=1S/C16H31NO/c1-5-6-7-12-15(18)17-14-11-9-8-10-13(14)16(2,3)4/h13-14H,5-12H2,1-4H3,(H,17,18). The number of unbranched alkanes of at least 4 members (excludes halogenated alkanes) is 2. The van der Waals surface area contributed by atoms with Crippen LogP contribution in [0.2, 0.25) is 0 Å². The van der Waals surface area contributed by atoms with Crippen LogP contribution in [0.4, 0.5) is 0 Å². The molecule has 0 aromatic heterocycles. The number of hydrogen-bond acceptors (Lipinski definition) is 1. The van der Waals surface area contributed by atoms with Crippen molar-refractivity contribution in [3.8, 4) is 0 Å². The number of carbonyl (C=O) groups is 1. The highest BCUT2D eigenvalue weighted by Crippen LogP contribution is 2.37. The van der Waals surface area contributed by atoms with Crippen molar-refractivity contribution in [2.45, 2.75) is 85.1 Å². The van der Waals surface area contributed by atoms with Crippen LogP contribution >= 0.6 is 0 Å². The number of hydrogen-bond donors (Lipinski definition) is 1. The topological polar surface area (TPSA) is 29.1 Å². The number of carbonyl (C=O) groups excluding carboxylic acids is 1. The number of rotatable bonds is 5. The number of nitrogens with one attached hydrogen (secondary N) is 1. The second-order valence-corrected chi connectivity index (χ2v) is 6.89. The molecule has 0 radical (unpaired) electrons. The molecular weight excluding hydrogens is 222 g/mol. The van der Waals surface area contributed by atoms with E-state index in [2.05, 4.69) is 33.0 Å². The van der Waals surface area contributed by atoms with E-state index >= 15 is 0 Å². The second kappa shape index (κ2) is 7.16. The molecule has 1 rings (SSSR count). The molecule has 2 unspecified atom stereocenters. The summed E-state index contributed by atoms with van der Waals surface area (Å²) in [5.41, 5.74) is 0.307. The molecule has 1 amide bonds. The van der Waals surface area contributed by atoms with Crippen LogP contribution in [-0.2, 0) is 4.79 Å². The molecule has 0 bridgehead atoms. The van der Waals surface area contributed by atoms with Gasteiger partial charge in [0.15, 0.2) is 0 Å². The monoisotopic (exact) mass is 253 g/mol. The summed E-state index contributed by atoms with van der Waals surface area (Å²) in [5.74, 6) is 0.908. The highest BCUT2D eigenvalue weighted by molar-refractivity contribution is 5.76. The molecular formula is C16H31NO. The Kier molecular flexibility index (Phi) is 6.17. The first-order chi connectivity index (χ1) is 8.45. The van der Waals surface area contributed by atoms with E-state index in [1.54, 1.807) is 0 Å². The molecule has 0 saturated heterocycles. The lowest BCUT2D eigenvalue weighted by Crippen LogP contribution is -2.46. The van der Waals surface area contributed by atoms with Crippen LogP contribution in [0, 0.1) is 11.3 Å². The van der Waals surface area contributed by atoms with Crippen LogP contribution < -0.4 is 5.32 Å². The van der Waals surface area contributed by atoms with E-state index in [1.165, 1.54) is 38.5 Å². The third-order valence-corrected chi connectivity index (χ3v) is 4.23. The summed E-state index contributed by atoms with van der Waals surface area (Å²) in [7, 11) is 0. The molecule has 106 valence electrons. The zero-order valence-electron chi connectivity index (χ0n) is 12.7. The molecule has 0 aliphatic heterocycles. The second-order valence-electron chi connectivity index (χ2n) is 6.89. The van der Waals surface area contributed by atoms with E-state index in [0.29, 0.717) is 23.8 Å². The summed E-state index contributed by atoms with van der Waals surface area (Å²) in [5, 5.41) is 3.30. The van der Waals surface area contributed by atoms with Crippen LogP contribution in [-0.4, -0.2) is 11.9 Å². The van der Waals surface area contributed by atoms with Crippen LogP contribution in [0.5, 0.6) is 0 Å². The van der Waals surface area contributed by atoms with Gasteiger partial charge in [0.2, 0.25) is 5.91 Å². The van der Waals surface area contributed by atoms with Gasteiger partial charge in [-0.15, -0.1) is 0 Å². The first-order valence-electron chi connectivity index (χ1n) is 7.74. The van der Waals surface area contributed by atoms with Crippen molar-refractivity contribution < 1.29 is 4.79 Å². The maximum Gasteiger partial charge on any atom is 0.220 e. The smallest absolute Gasteiger partial charge is 0.220 e. The molecule has 1 aliphatic carbocycles. The quantitative estimate of drug-likeness (QED) is 0.728. The van der Waals surface area contributed by atoms with Crippen molar-refractivity contribution in [2.24, 2.45) is 11.3 Å². The van der Waals surface area contributed by atoms with Crippen molar-refractivity contribution in [1.29, 1.82) is 0 Å². The van der Waals surface area contributed by atoms with Gasteiger partial charge in [-0.2, -0.15) is 0 Å². The Balaban J connectivity index is 2.44. The fraction of sp³-hybridized carbons (Fsp3) is 0.938. The molecule has 2 nitrogen and oxygen atoms in total. The molecule has 2 heteroatoms. The third-order valence-electron chi connectivity index (χ3n) is 4.23. The van der Waals surface area contributed by atoms with E-state index in [1.807, 2.05) is 0 Å². The predicted octanol–water partition coefficient (Wildman–Crippen LogP) is 4.29. The summed E-state index contributed by atoms with van der Waals surface area (Å²) in [4.78, 5) is 11.9. The summed E-state index contributed by atoms with van der Waals surface area (Å²) in [6.45, 7) is 9.09. The van der Waals surface area contributed by atoms with Gasteiger partial charge >= 0.3 is 0 Å². The van der Waals surface area contributed by atoms with Crippen molar-refractivity contribution >= 4 is 5.91 Å². The molecule has 0 spiro atoms. The fourth-order valence-corrected chi connectivity index (χ4v) is 3.15. The fourth-order valence-electron chi connectivity index (χ4n) is 3.15. The Morgan fingerprint density at radius 1 is 1.17 bits per heavy atom. The van der Waals surface area contributed by atoms with Gasteiger partial charge in [-0.05, 0) is 30.6 Å². The Morgan fingerprint density at radius 3 is 2.44 bits per heavy atom. The molecule has 1 N–H and O–H groups in total. The maximum absolute atomic E-state index is 11.9. The average Bonchev–Trinajstić information content (AvgIpc) is 2.28. The lowest BCUT2D eigenvalue weighted by molar-refractivity contribution is -0.122. The minimum Gasteiger partial charge on any atom is -0.353 e. The third kappa shape index (κ3) is 4.99. The van der Waals surface area contributed by atoms with Gasteiger partial charge in [-0.3, -0.25) is 4.79 Å². The predicted molar refractivity (Wildman–Crippen MR) is 77.5 cm³/mol. The van der Waals surface area contributed by atoms with Gasteiger partial charge in [0.25, 0.3) is 0 Å². The lowest BCUT2D eigenvalue weighted by Gasteiger charge is -2.40. The summed E-state index contributed by atoms with van der Waals surface area (Å²) < 4.78 is 0. The zero-order chi connectivity index (χ0) is 13.6. The summed E-state index contributed by atoms with van der Waals surface area (Å²) in [6.07, 6.45) is 9.13. The van der Waals surface area contributed by atoms with Gasteiger partial charge in [0.1, 0.15) is 0 Å². The Hall–Kier alpha value is -0.530. The molecule has 0 aromatic carbocycles. The van der Waals surface area contributed by atoms with Crippen molar-refractivity contribution in [3.63, 3.8) is 0 Å². The lowest BCUT2D eigenvalue weighted by atomic mass is 9.69. The van der Waals surface area contributed by atoms with E-state index in [9.17, 15) is 4.79 Å². The van der Waals surface area contributed by atoms with Crippen LogP contribution in [0.15, 0.2) is 0 Å². The SMILES string of the molecule is CCCCCC(=O)NC1CCCCC1C(C)(C)C. The highest BCUT2D eigenvalue weighted by Gasteiger charge is 2.34. The van der Waals surface area contributed by atoms with Gasteiger partial charge in [0, 0.05) is 12.5 Å². The average molecular weight is 253 g/mol. The van der Waals surface area contributed by atoms with Crippen LogP contribution in [0.25, 0.3) is 0 Å². The minimum absolute atomic E-state index is 0.268. The normalized spacial score (nSPS) is 24.9. The number of amides is 1. The van der Waals surface area contributed by atoms with Crippen molar-refractivity contribution in [3.05, 3.63) is 0 Å². The minimum atomic E-state index is 0.268. The van der Waals surface area contributed by atoms with Gasteiger partial charge in [-0.25, -0.2) is 0 Å². The van der Waals surface area contributed by atoms with E-state index in [0.717, 1.165) is 6.42 Å². The molecule has 1 fully saturated rings. The Bertz CT molecular complexity index is 254. The first kappa shape index (κ1) is 15.5. The molecule has 1 aliphatic rings. The van der Waals surface area contributed by atoms with Crippen molar-refractivity contribution in [2.75, 3.05) is 0 Å². The maximum atomic E-state index is 11.9. The molecule has 0 aromatic rings. The first-order valence-corrected chi connectivity index (χ1v) is 7.74. The highest BCUT2D eigenvalue weighted by atomic mass is 16.1. The van der Waals surface area contributed by atoms with E-state index in [4.69, 9.17) is 0 Å². The summed E-state index contributed by atoms with van der Waals surface area (Å²) >= 11 is 0.